The van der Waals surface area contributed by atoms with E-state index in [4.69, 9.17) is 4.74 Å². The molecule has 3 atom stereocenters. The molecule has 0 saturated carbocycles. The molecule has 1 aliphatic rings. The molecule has 3 unspecified atom stereocenters. The third-order valence-electron chi connectivity index (χ3n) is 3.00. The third-order valence-corrected chi connectivity index (χ3v) is 3.00. The van der Waals surface area contributed by atoms with Gasteiger partial charge in [-0.05, 0) is 19.8 Å². The van der Waals surface area contributed by atoms with E-state index in [1.165, 1.54) is 0 Å². The van der Waals surface area contributed by atoms with Crippen LogP contribution < -0.4 is 5.32 Å². The summed E-state index contributed by atoms with van der Waals surface area (Å²) in [6.45, 7) is 6.79. The molecular formula is C11H22N2O2. The van der Waals surface area contributed by atoms with Crippen molar-refractivity contribution in [1.29, 1.82) is 0 Å². The number of hydrogen-bond acceptors (Lipinski definition) is 3. The molecule has 0 aromatic heterocycles. The summed E-state index contributed by atoms with van der Waals surface area (Å²) in [5, 5.41) is 3.34. The second-order valence-electron chi connectivity index (χ2n) is 4.09. The first-order chi connectivity index (χ1) is 7.13. The van der Waals surface area contributed by atoms with E-state index in [2.05, 4.69) is 12.2 Å². The molecular weight excluding hydrogens is 192 g/mol. The van der Waals surface area contributed by atoms with Crippen LogP contribution in [0.5, 0.6) is 0 Å². The number of nitrogens with zero attached hydrogens (tertiary/aromatic N) is 1. The second kappa shape index (κ2) is 5.47. The zero-order valence-electron chi connectivity index (χ0n) is 10.1. The molecule has 0 aromatic rings. The molecule has 88 valence electrons. The summed E-state index contributed by atoms with van der Waals surface area (Å²) in [4.78, 5) is 13.9. The van der Waals surface area contributed by atoms with Crippen molar-refractivity contribution in [3.05, 3.63) is 0 Å². The highest BCUT2D eigenvalue weighted by Crippen LogP contribution is 2.16. The Hall–Kier alpha value is -0.610. The van der Waals surface area contributed by atoms with Crippen molar-refractivity contribution in [1.82, 2.24) is 10.2 Å². The Balaban J connectivity index is 2.63. The number of carbonyl (C=O) groups excluding carboxylic acids is 1. The molecule has 1 aliphatic heterocycles. The average molecular weight is 214 g/mol. The Labute approximate surface area is 92.0 Å². The molecule has 4 nitrogen and oxygen atoms in total. The largest absolute Gasteiger partial charge is 0.380 e. The van der Waals surface area contributed by atoms with Crippen LogP contribution in [-0.4, -0.2) is 42.8 Å². The van der Waals surface area contributed by atoms with Crippen LogP contribution in [0.1, 0.15) is 33.6 Å². The summed E-state index contributed by atoms with van der Waals surface area (Å²) in [7, 11) is 1.68. The van der Waals surface area contributed by atoms with Crippen molar-refractivity contribution in [3.63, 3.8) is 0 Å². The van der Waals surface area contributed by atoms with E-state index in [0.29, 0.717) is 6.54 Å². The van der Waals surface area contributed by atoms with E-state index in [1.807, 2.05) is 18.7 Å². The zero-order chi connectivity index (χ0) is 11.4. The quantitative estimate of drug-likeness (QED) is 0.741. The molecule has 0 aromatic carbocycles. The van der Waals surface area contributed by atoms with E-state index >= 15 is 0 Å². The van der Waals surface area contributed by atoms with Crippen LogP contribution >= 0.6 is 0 Å². The molecule has 1 rings (SSSR count). The molecule has 0 aliphatic carbocycles. The van der Waals surface area contributed by atoms with Crippen LogP contribution in [0.15, 0.2) is 0 Å². The van der Waals surface area contributed by atoms with Gasteiger partial charge < -0.3 is 9.64 Å². The fraction of sp³-hybridized carbons (Fsp3) is 0.909. The lowest BCUT2D eigenvalue weighted by molar-refractivity contribution is -0.131. The standard InChI is InChI=1S/C11H22N2O2/c1-5-9-11(14)13(7-8(3)15-4)10(6-2)12-9/h8-10,12H,5-7H2,1-4H3. The highest BCUT2D eigenvalue weighted by atomic mass is 16.5. The van der Waals surface area contributed by atoms with Crippen molar-refractivity contribution >= 4 is 5.91 Å². The predicted molar refractivity (Wildman–Crippen MR) is 59.5 cm³/mol. The first-order valence-corrected chi connectivity index (χ1v) is 5.73. The van der Waals surface area contributed by atoms with Crippen molar-refractivity contribution in [2.75, 3.05) is 13.7 Å². The Bertz CT molecular complexity index is 221. The summed E-state index contributed by atoms with van der Waals surface area (Å²) in [6, 6.07) is -0.000920. The van der Waals surface area contributed by atoms with Gasteiger partial charge in [0.1, 0.15) is 0 Å². The van der Waals surface area contributed by atoms with E-state index in [0.717, 1.165) is 12.8 Å². The fourth-order valence-electron chi connectivity index (χ4n) is 1.95. The van der Waals surface area contributed by atoms with Crippen molar-refractivity contribution in [2.45, 2.75) is 51.9 Å². The van der Waals surface area contributed by atoms with Gasteiger partial charge in [0.25, 0.3) is 0 Å². The van der Waals surface area contributed by atoms with Gasteiger partial charge in [-0.25, -0.2) is 0 Å². The SMILES string of the molecule is CCC1NC(CC)N(CC(C)OC)C1=O. The Morgan fingerprint density at radius 1 is 1.47 bits per heavy atom. The molecule has 0 spiro atoms. The fourth-order valence-corrected chi connectivity index (χ4v) is 1.95. The Morgan fingerprint density at radius 2 is 2.13 bits per heavy atom. The maximum absolute atomic E-state index is 12.0. The molecule has 15 heavy (non-hydrogen) atoms. The number of methoxy groups -OCH3 is 1. The summed E-state index contributed by atoms with van der Waals surface area (Å²) >= 11 is 0. The van der Waals surface area contributed by atoms with Gasteiger partial charge in [-0.15, -0.1) is 0 Å². The molecule has 1 amide bonds. The van der Waals surface area contributed by atoms with Crippen LogP contribution in [0.3, 0.4) is 0 Å². The van der Waals surface area contributed by atoms with Gasteiger partial charge in [-0.3, -0.25) is 10.1 Å². The molecule has 1 fully saturated rings. The number of hydrogen-bond donors (Lipinski definition) is 1. The van der Waals surface area contributed by atoms with Crippen LogP contribution in [-0.2, 0) is 9.53 Å². The zero-order valence-corrected chi connectivity index (χ0v) is 10.1. The van der Waals surface area contributed by atoms with Crippen LogP contribution in [0.25, 0.3) is 0 Å². The van der Waals surface area contributed by atoms with E-state index in [-0.39, 0.29) is 24.2 Å². The minimum absolute atomic E-state index is 0.000920. The maximum Gasteiger partial charge on any atom is 0.241 e. The first-order valence-electron chi connectivity index (χ1n) is 5.73. The Morgan fingerprint density at radius 3 is 2.60 bits per heavy atom. The molecule has 1 heterocycles. The number of ether oxygens (including phenoxy) is 1. The lowest BCUT2D eigenvalue weighted by Gasteiger charge is -2.25. The minimum atomic E-state index is -0.000920. The second-order valence-corrected chi connectivity index (χ2v) is 4.09. The maximum atomic E-state index is 12.0. The lowest BCUT2D eigenvalue weighted by atomic mass is 10.2. The summed E-state index contributed by atoms with van der Waals surface area (Å²) in [6.07, 6.45) is 2.08. The van der Waals surface area contributed by atoms with Gasteiger partial charge in [0, 0.05) is 13.7 Å². The third kappa shape index (κ3) is 2.69. The van der Waals surface area contributed by atoms with Crippen LogP contribution in [0.2, 0.25) is 0 Å². The number of nitrogens with one attached hydrogen (secondary N) is 1. The van der Waals surface area contributed by atoms with Gasteiger partial charge in [0.05, 0.1) is 18.3 Å². The number of rotatable bonds is 5. The smallest absolute Gasteiger partial charge is 0.241 e. The van der Waals surface area contributed by atoms with E-state index < -0.39 is 0 Å². The van der Waals surface area contributed by atoms with Crippen LogP contribution in [0, 0.1) is 0 Å². The number of carbonyl (C=O) groups is 1. The predicted octanol–water partition coefficient (Wildman–Crippen LogP) is 0.968. The van der Waals surface area contributed by atoms with Crippen LogP contribution in [0.4, 0.5) is 0 Å². The van der Waals surface area contributed by atoms with Crippen molar-refractivity contribution in [3.8, 4) is 0 Å². The van der Waals surface area contributed by atoms with Crippen molar-refractivity contribution in [2.24, 2.45) is 0 Å². The number of amides is 1. The molecule has 0 bridgehead atoms. The van der Waals surface area contributed by atoms with Gasteiger partial charge in [0.2, 0.25) is 5.91 Å². The molecule has 0 radical (unpaired) electrons. The molecule has 1 saturated heterocycles. The Kier molecular flexibility index (Phi) is 4.54. The highest BCUT2D eigenvalue weighted by Gasteiger charge is 2.36. The van der Waals surface area contributed by atoms with Gasteiger partial charge in [0.15, 0.2) is 0 Å². The first kappa shape index (κ1) is 12.5. The summed E-state index contributed by atoms with van der Waals surface area (Å²) < 4.78 is 5.20. The minimum Gasteiger partial charge on any atom is -0.380 e. The monoisotopic (exact) mass is 214 g/mol. The topological polar surface area (TPSA) is 41.6 Å². The van der Waals surface area contributed by atoms with Gasteiger partial charge in [-0.2, -0.15) is 0 Å². The summed E-state index contributed by atoms with van der Waals surface area (Å²) in [5.41, 5.74) is 0. The highest BCUT2D eigenvalue weighted by molar-refractivity contribution is 5.84. The van der Waals surface area contributed by atoms with Gasteiger partial charge >= 0.3 is 0 Å². The lowest BCUT2D eigenvalue weighted by Crippen LogP contribution is -2.41. The normalized spacial score (nSPS) is 28.5. The molecule has 4 heteroatoms. The molecule has 1 N–H and O–H groups in total. The van der Waals surface area contributed by atoms with Crippen molar-refractivity contribution < 1.29 is 9.53 Å². The summed E-state index contributed by atoms with van der Waals surface area (Å²) in [5.74, 6) is 0.216. The van der Waals surface area contributed by atoms with E-state index in [9.17, 15) is 4.79 Å². The average Bonchev–Trinajstić information content (AvgIpc) is 2.55. The van der Waals surface area contributed by atoms with Gasteiger partial charge in [-0.1, -0.05) is 13.8 Å². The van der Waals surface area contributed by atoms with E-state index in [1.54, 1.807) is 7.11 Å².